The number of halogens is 1. The highest BCUT2D eigenvalue weighted by molar-refractivity contribution is 8.04. The van der Waals surface area contributed by atoms with Gasteiger partial charge < -0.3 is 9.45 Å². The van der Waals surface area contributed by atoms with Crippen LogP contribution in [0.5, 0.6) is 0 Å². The van der Waals surface area contributed by atoms with E-state index in [9.17, 15) is 13.0 Å². The van der Waals surface area contributed by atoms with Gasteiger partial charge >= 0.3 is 0 Å². The van der Waals surface area contributed by atoms with Gasteiger partial charge in [-0.2, -0.15) is 4.57 Å². The van der Waals surface area contributed by atoms with Crippen LogP contribution in [0.2, 0.25) is 5.02 Å². The molecule has 1 aliphatic rings. The van der Waals surface area contributed by atoms with Crippen molar-refractivity contribution >= 4 is 77.6 Å². The van der Waals surface area contributed by atoms with Gasteiger partial charge in [0, 0.05) is 16.3 Å². The minimum absolute atomic E-state index is 0.496. The zero-order valence-electron chi connectivity index (χ0n) is 19.2. The molecule has 0 aliphatic carbocycles. The molecule has 4 aromatic rings. The van der Waals surface area contributed by atoms with Crippen LogP contribution in [0, 0.1) is 0 Å². The van der Waals surface area contributed by atoms with E-state index < -0.39 is 16.0 Å². The third-order valence-corrected chi connectivity index (χ3v) is 8.59. The van der Waals surface area contributed by atoms with Crippen LogP contribution in [0.15, 0.2) is 77.7 Å². The second-order valence-corrected chi connectivity index (χ2v) is 11.8. The number of aromatic nitrogens is 1. The molecule has 0 saturated heterocycles. The summed E-state index contributed by atoms with van der Waals surface area (Å²) < 4.78 is 38.6. The number of unbranched alkanes of at least 4 members (excludes halogenated alkanes) is 1. The third-order valence-electron chi connectivity index (χ3n) is 5.58. The zero-order chi connectivity index (χ0) is 25.2. The second kappa shape index (κ2) is 10.7. The van der Waals surface area contributed by atoms with Gasteiger partial charge in [0.2, 0.25) is 5.52 Å². The van der Waals surface area contributed by atoms with E-state index in [4.69, 9.17) is 11.6 Å². The Morgan fingerprint density at radius 2 is 1.91 bits per heavy atom. The van der Waals surface area contributed by atoms with Crippen LogP contribution >= 0.6 is 34.7 Å². The number of aryl methyl sites for hydroxylation is 1. The number of anilines is 1. The lowest BCUT2D eigenvalue weighted by atomic mass is 10.1. The molecule has 5 nitrogen and oxygen atoms in total. The highest BCUT2D eigenvalue weighted by Gasteiger charge is 2.29. The number of benzene rings is 3. The fourth-order valence-electron chi connectivity index (χ4n) is 4.10. The van der Waals surface area contributed by atoms with Gasteiger partial charge in [-0.1, -0.05) is 72.3 Å². The minimum atomic E-state index is -4.49. The number of thioether (sulfide) groups is 1. The summed E-state index contributed by atoms with van der Waals surface area (Å²) >= 11 is 9.30. The van der Waals surface area contributed by atoms with Gasteiger partial charge in [0.05, 0.1) is 22.2 Å². The van der Waals surface area contributed by atoms with Crippen LogP contribution in [0.3, 0.4) is 0 Å². The van der Waals surface area contributed by atoms with Crippen LogP contribution in [-0.4, -0.2) is 18.8 Å². The van der Waals surface area contributed by atoms with Crippen molar-refractivity contribution in [2.75, 3.05) is 10.8 Å². The van der Waals surface area contributed by atoms with Crippen molar-refractivity contribution in [1.82, 2.24) is 0 Å². The minimum Gasteiger partial charge on any atom is -0.747 e. The van der Waals surface area contributed by atoms with E-state index >= 15 is 0 Å². The van der Waals surface area contributed by atoms with Gasteiger partial charge in [-0.15, -0.1) is 13.2 Å². The van der Waals surface area contributed by atoms with Gasteiger partial charge in [0.15, 0.2) is 6.54 Å². The van der Waals surface area contributed by atoms with Crippen LogP contribution in [0.1, 0.15) is 24.8 Å². The number of thiazole rings is 1. The molecule has 0 radical (unpaired) electrons. The molecule has 0 unspecified atom stereocenters. The summed E-state index contributed by atoms with van der Waals surface area (Å²) in [6, 6.07) is 18.0. The van der Waals surface area contributed by atoms with Crippen molar-refractivity contribution < 1.29 is 17.5 Å². The number of hydrogen-bond donors (Lipinski definition) is 0. The molecule has 0 bridgehead atoms. The van der Waals surface area contributed by atoms with Crippen molar-refractivity contribution in [2.45, 2.75) is 31.2 Å². The number of hydrogen-bond acceptors (Lipinski definition) is 6. The average Bonchev–Trinajstić information content (AvgIpc) is 3.35. The Morgan fingerprint density at radius 3 is 2.66 bits per heavy atom. The summed E-state index contributed by atoms with van der Waals surface area (Å²) in [6.45, 7) is 9.02. The van der Waals surface area contributed by atoms with E-state index in [1.54, 1.807) is 28.4 Å². The predicted molar refractivity (Wildman–Crippen MR) is 148 cm³/mol. The predicted octanol–water partition coefficient (Wildman–Crippen LogP) is 7.01. The Balaban J connectivity index is 0.00000141. The molecule has 0 N–H and O–H groups in total. The lowest BCUT2D eigenvalue weighted by Crippen LogP contribution is -2.35. The van der Waals surface area contributed by atoms with Crippen molar-refractivity contribution in [3.05, 3.63) is 82.8 Å². The number of rotatable bonds is 6. The first-order valence-electron chi connectivity index (χ1n) is 11.1. The first kappa shape index (κ1) is 25.7. The van der Waals surface area contributed by atoms with E-state index in [1.165, 1.54) is 32.8 Å². The Morgan fingerprint density at radius 1 is 1.14 bits per heavy atom. The van der Waals surface area contributed by atoms with Crippen molar-refractivity contribution in [1.29, 1.82) is 0 Å². The molecule has 0 atom stereocenters. The van der Waals surface area contributed by atoms with E-state index in [1.807, 2.05) is 18.2 Å². The van der Waals surface area contributed by atoms with Gasteiger partial charge in [0.25, 0.3) is 5.01 Å². The smallest absolute Gasteiger partial charge is 0.265 e. The van der Waals surface area contributed by atoms with Crippen LogP contribution in [-0.2, 0) is 16.7 Å². The van der Waals surface area contributed by atoms with Gasteiger partial charge in [-0.3, -0.25) is 0 Å². The molecule has 0 saturated carbocycles. The molecule has 0 fully saturated rings. The molecular weight excluding hydrogens is 520 g/mol. The normalized spacial score (nSPS) is 14.4. The topological polar surface area (TPSA) is 64.3 Å². The summed E-state index contributed by atoms with van der Waals surface area (Å²) in [7, 11) is -4.49. The molecule has 182 valence electrons. The monoisotopic (exact) mass is 544 g/mol. The Kier molecular flexibility index (Phi) is 7.88. The van der Waals surface area contributed by atoms with Crippen molar-refractivity contribution in [3.8, 4) is 0 Å². The second-order valence-electron chi connectivity index (χ2n) is 7.89. The fraction of sp³-hybridized carbons (Fsp3) is 0.192. The van der Waals surface area contributed by atoms with Gasteiger partial charge in [-0.25, -0.2) is 8.42 Å². The van der Waals surface area contributed by atoms with E-state index in [2.05, 4.69) is 55.0 Å². The third kappa shape index (κ3) is 5.42. The Bertz CT molecular complexity index is 1530. The first-order valence-corrected chi connectivity index (χ1v) is 14.7. The van der Waals surface area contributed by atoms with Crippen LogP contribution < -0.4 is 9.47 Å². The van der Waals surface area contributed by atoms with Crippen molar-refractivity contribution in [2.24, 2.45) is 0 Å². The molecule has 5 rings (SSSR count). The quantitative estimate of drug-likeness (QED) is 0.148. The van der Waals surface area contributed by atoms with Crippen molar-refractivity contribution in [3.63, 3.8) is 0 Å². The highest BCUT2D eigenvalue weighted by atomic mass is 35.5. The molecule has 3 aromatic carbocycles. The molecule has 1 aliphatic heterocycles. The summed E-state index contributed by atoms with van der Waals surface area (Å²) in [6.07, 6.45) is 4.08. The Labute approximate surface area is 219 Å². The Hall–Kier alpha value is -2.36. The molecule has 9 heteroatoms. The summed E-state index contributed by atoms with van der Waals surface area (Å²) in [4.78, 5) is 2.43. The molecule has 0 spiro atoms. The largest absolute Gasteiger partial charge is 0.747 e. The summed E-state index contributed by atoms with van der Waals surface area (Å²) in [5.41, 5.74) is 1.83. The maximum atomic E-state index is 11.7. The fourth-order valence-corrected chi connectivity index (χ4v) is 7.24. The first-order chi connectivity index (χ1) is 16.8. The van der Waals surface area contributed by atoms with E-state index in [0.29, 0.717) is 15.7 Å². The molecule has 35 heavy (non-hydrogen) atoms. The highest BCUT2D eigenvalue weighted by Crippen LogP contribution is 2.48. The van der Waals surface area contributed by atoms with Crippen LogP contribution in [0.4, 0.5) is 5.69 Å². The summed E-state index contributed by atoms with van der Waals surface area (Å²) in [5.74, 6) is -0.637. The number of fused-ring (bicyclic) bond motifs is 4. The lowest BCUT2D eigenvalue weighted by molar-refractivity contribution is -0.668. The standard InChI is InChI=1S/C24H21ClN2O3S3.C2H4/c1-2-3-12-26-22(32-21-10-8-16-6-4-5-7-18(16)24(21)26)14-23-27(15-33(28,29)30)19-13-17(25)9-11-20(19)31-23;1-2/h4-11,13-14H,2-3,12,15H2,1H3;1-2H2. The van der Waals surface area contributed by atoms with Gasteiger partial charge in [-0.05, 0) is 35.7 Å². The summed E-state index contributed by atoms with van der Waals surface area (Å²) in [5, 5.41) is 4.59. The molecule has 1 aromatic heterocycles. The molecule has 0 amide bonds. The average molecular weight is 545 g/mol. The van der Waals surface area contributed by atoms with Crippen LogP contribution in [0.25, 0.3) is 27.1 Å². The molecule has 2 heterocycles. The molecular formula is C26H25ClN2O3S3. The lowest BCUT2D eigenvalue weighted by Gasteiger charge is -2.21. The maximum Gasteiger partial charge on any atom is 0.265 e. The van der Waals surface area contributed by atoms with Gasteiger partial charge in [0.1, 0.15) is 20.7 Å². The zero-order valence-corrected chi connectivity index (χ0v) is 22.4. The number of nitrogens with zero attached hydrogens (tertiary/aromatic N) is 2. The van der Waals surface area contributed by atoms with E-state index in [-0.39, 0.29) is 0 Å². The SMILES string of the molecule is C=C.CCCC[n+]1c(C=C2Sc3ccc(Cl)cc3N2CS(=O)(=O)[O-])sc2ccc3ccccc3c21. The maximum absolute atomic E-state index is 11.7. The van der Waals surface area contributed by atoms with E-state index in [0.717, 1.165) is 29.3 Å².